The summed E-state index contributed by atoms with van der Waals surface area (Å²) in [5.41, 5.74) is 0.980. The highest BCUT2D eigenvalue weighted by atomic mass is 16.5. The number of nitrogens with one attached hydrogen (secondary N) is 1. The number of rotatable bonds is 7. The Morgan fingerprint density at radius 3 is 2.90 bits per heavy atom. The van der Waals surface area contributed by atoms with Crippen molar-refractivity contribution in [1.82, 2.24) is 10.2 Å². The number of hydrogen-bond donors (Lipinski definition) is 2. The molecule has 1 atom stereocenters. The zero-order valence-corrected chi connectivity index (χ0v) is 13.3. The molecule has 0 amide bonds. The number of phenols is 1. The molecule has 1 fully saturated rings. The fourth-order valence-electron chi connectivity index (χ4n) is 3.04. The molecule has 1 aliphatic heterocycles. The lowest BCUT2D eigenvalue weighted by atomic mass is 9.98. The Hall–Kier alpha value is -1.26. The molecule has 0 spiro atoms. The number of methoxy groups -OCH3 is 1. The van der Waals surface area contributed by atoms with E-state index in [1.54, 1.807) is 13.2 Å². The molecule has 118 valence electrons. The van der Waals surface area contributed by atoms with Crippen LogP contribution >= 0.6 is 0 Å². The lowest BCUT2D eigenvalue weighted by molar-refractivity contribution is 0.199. The van der Waals surface area contributed by atoms with Crippen LogP contribution in [0.4, 0.5) is 0 Å². The minimum absolute atomic E-state index is 0.331. The average molecular weight is 292 g/mol. The van der Waals surface area contributed by atoms with Gasteiger partial charge in [0.15, 0.2) is 0 Å². The largest absolute Gasteiger partial charge is 0.507 e. The number of hydrogen-bond acceptors (Lipinski definition) is 4. The van der Waals surface area contributed by atoms with Gasteiger partial charge in [0.25, 0.3) is 0 Å². The molecule has 4 nitrogen and oxygen atoms in total. The van der Waals surface area contributed by atoms with Crippen LogP contribution in [-0.4, -0.2) is 43.3 Å². The van der Waals surface area contributed by atoms with E-state index in [0.717, 1.165) is 50.6 Å². The van der Waals surface area contributed by atoms with Crippen LogP contribution in [0.25, 0.3) is 0 Å². The molecule has 0 bridgehead atoms. The summed E-state index contributed by atoms with van der Waals surface area (Å²) in [5, 5.41) is 13.6. The normalized spacial score (nSPS) is 18.9. The van der Waals surface area contributed by atoms with Crippen LogP contribution in [0, 0.1) is 5.92 Å². The molecule has 21 heavy (non-hydrogen) atoms. The third kappa shape index (κ3) is 4.90. The van der Waals surface area contributed by atoms with E-state index >= 15 is 0 Å². The first-order valence-electron chi connectivity index (χ1n) is 8.02. The second-order valence-corrected chi connectivity index (χ2v) is 5.94. The molecule has 1 aromatic rings. The van der Waals surface area contributed by atoms with Crippen molar-refractivity contribution in [3.05, 3.63) is 23.8 Å². The maximum Gasteiger partial charge on any atom is 0.123 e. The summed E-state index contributed by atoms with van der Waals surface area (Å²) in [6.45, 7) is 7.47. The van der Waals surface area contributed by atoms with Gasteiger partial charge in [-0.1, -0.05) is 13.0 Å². The van der Waals surface area contributed by atoms with Crippen molar-refractivity contribution >= 4 is 0 Å². The maximum atomic E-state index is 10.1. The monoisotopic (exact) mass is 292 g/mol. The zero-order chi connectivity index (χ0) is 15.1. The van der Waals surface area contributed by atoms with Gasteiger partial charge >= 0.3 is 0 Å². The Balaban J connectivity index is 1.97. The molecule has 1 saturated heterocycles. The number of phenolic OH excluding ortho intramolecular Hbond substituents is 1. The van der Waals surface area contributed by atoms with Gasteiger partial charge < -0.3 is 15.2 Å². The lowest BCUT2D eigenvalue weighted by Crippen LogP contribution is -2.38. The number of piperidine rings is 1. The molecule has 1 aliphatic rings. The number of nitrogens with zero attached hydrogens (tertiary/aromatic N) is 1. The third-order valence-corrected chi connectivity index (χ3v) is 4.14. The van der Waals surface area contributed by atoms with Gasteiger partial charge in [0.05, 0.1) is 7.11 Å². The first kappa shape index (κ1) is 16.1. The molecule has 2 rings (SSSR count). The van der Waals surface area contributed by atoms with E-state index in [0.29, 0.717) is 11.5 Å². The van der Waals surface area contributed by atoms with Crippen molar-refractivity contribution in [2.75, 3.05) is 33.3 Å². The molecule has 0 aromatic heterocycles. The molecule has 0 saturated carbocycles. The molecule has 4 heteroatoms. The van der Waals surface area contributed by atoms with Crippen LogP contribution in [-0.2, 0) is 6.54 Å². The number of ether oxygens (including phenoxy) is 1. The van der Waals surface area contributed by atoms with Gasteiger partial charge in [-0.3, -0.25) is 4.90 Å². The van der Waals surface area contributed by atoms with Gasteiger partial charge in [0.2, 0.25) is 0 Å². The van der Waals surface area contributed by atoms with E-state index < -0.39 is 0 Å². The van der Waals surface area contributed by atoms with E-state index in [4.69, 9.17) is 4.74 Å². The Kier molecular flexibility index (Phi) is 6.33. The van der Waals surface area contributed by atoms with E-state index in [1.807, 2.05) is 12.1 Å². The highest BCUT2D eigenvalue weighted by Gasteiger charge is 2.17. The van der Waals surface area contributed by atoms with Gasteiger partial charge in [0, 0.05) is 24.7 Å². The molecular formula is C17H28N2O2. The molecular weight excluding hydrogens is 264 g/mol. The van der Waals surface area contributed by atoms with Gasteiger partial charge in [-0.05, 0) is 50.9 Å². The number of aromatic hydroxyl groups is 1. The van der Waals surface area contributed by atoms with Crippen LogP contribution in [0.1, 0.15) is 31.7 Å². The highest BCUT2D eigenvalue weighted by Crippen LogP contribution is 2.25. The van der Waals surface area contributed by atoms with Crippen LogP contribution in [0.15, 0.2) is 18.2 Å². The van der Waals surface area contributed by atoms with Gasteiger partial charge in [-0.25, -0.2) is 0 Å². The van der Waals surface area contributed by atoms with Gasteiger partial charge in [-0.15, -0.1) is 0 Å². The predicted molar refractivity (Wildman–Crippen MR) is 85.8 cm³/mol. The van der Waals surface area contributed by atoms with Crippen molar-refractivity contribution in [3.8, 4) is 11.5 Å². The van der Waals surface area contributed by atoms with Crippen LogP contribution in [0.5, 0.6) is 11.5 Å². The van der Waals surface area contributed by atoms with Crippen molar-refractivity contribution in [2.24, 2.45) is 5.92 Å². The first-order valence-corrected chi connectivity index (χ1v) is 8.02. The minimum Gasteiger partial charge on any atom is -0.507 e. The lowest BCUT2D eigenvalue weighted by Gasteiger charge is -2.30. The Morgan fingerprint density at radius 1 is 1.43 bits per heavy atom. The molecule has 1 unspecified atom stereocenters. The van der Waals surface area contributed by atoms with E-state index in [-0.39, 0.29) is 0 Å². The van der Waals surface area contributed by atoms with Crippen LogP contribution in [0.2, 0.25) is 0 Å². The number of benzene rings is 1. The smallest absolute Gasteiger partial charge is 0.123 e. The minimum atomic E-state index is 0.331. The Morgan fingerprint density at radius 2 is 2.29 bits per heavy atom. The molecule has 1 heterocycles. The van der Waals surface area contributed by atoms with Crippen molar-refractivity contribution in [1.29, 1.82) is 0 Å². The van der Waals surface area contributed by atoms with Gasteiger partial charge in [-0.2, -0.15) is 0 Å². The summed E-state index contributed by atoms with van der Waals surface area (Å²) >= 11 is 0. The standard InChI is InChI=1S/C17H28N2O2/c1-3-9-19(12-14-5-4-8-18-11-14)13-15-6-7-16(21-2)10-17(15)20/h6-7,10,14,18,20H,3-5,8-9,11-13H2,1-2H3. The van der Waals surface area contributed by atoms with E-state index in [9.17, 15) is 5.11 Å². The molecule has 1 aromatic carbocycles. The Labute approximate surface area is 128 Å². The van der Waals surface area contributed by atoms with Crippen molar-refractivity contribution in [2.45, 2.75) is 32.7 Å². The summed E-state index contributed by atoms with van der Waals surface area (Å²) < 4.78 is 5.14. The van der Waals surface area contributed by atoms with E-state index in [1.165, 1.54) is 12.8 Å². The summed E-state index contributed by atoms with van der Waals surface area (Å²) in [5.74, 6) is 1.76. The quantitative estimate of drug-likeness (QED) is 0.811. The fraction of sp³-hybridized carbons (Fsp3) is 0.647. The highest BCUT2D eigenvalue weighted by molar-refractivity contribution is 5.39. The van der Waals surface area contributed by atoms with Crippen LogP contribution < -0.4 is 10.1 Å². The molecule has 0 aliphatic carbocycles. The SMILES string of the molecule is CCCN(Cc1ccc(OC)cc1O)CC1CCCNC1. The topological polar surface area (TPSA) is 44.7 Å². The summed E-state index contributed by atoms with van der Waals surface area (Å²) in [6, 6.07) is 5.58. The fourth-order valence-corrected chi connectivity index (χ4v) is 3.04. The molecule has 0 radical (unpaired) electrons. The average Bonchev–Trinajstić information content (AvgIpc) is 2.50. The van der Waals surface area contributed by atoms with Crippen molar-refractivity contribution in [3.63, 3.8) is 0 Å². The van der Waals surface area contributed by atoms with Crippen LogP contribution in [0.3, 0.4) is 0 Å². The van der Waals surface area contributed by atoms with E-state index in [2.05, 4.69) is 17.1 Å². The third-order valence-electron chi connectivity index (χ3n) is 4.14. The first-order chi connectivity index (χ1) is 10.2. The molecule has 2 N–H and O–H groups in total. The predicted octanol–water partition coefficient (Wildman–Crippen LogP) is 2.61. The van der Waals surface area contributed by atoms with Gasteiger partial charge in [0.1, 0.15) is 11.5 Å². The second kappa shape index (κ2) is 8.25. The maximum absolute atomic E-state index is 10.1. The summed E-state index contributed by atoms with van der Waals surface area (Å²) in [4.78, 5) is 2.46. The Bertz CT molecular complexity index is 431. The summed E-state index contributed by atoms with van der Waals surface area (Å²) in [6.07, 6.45) is 3.72. The second-order valence-electron chi connectivity index (χ2n) is 5.94. The van der Waals surface area contributed by atoms with Crippen molar-refractivity contribution < 1.29 is 9.84 Å². The zero-order valence-electron chi connectivity index (χ0n) is 13.3. The summed E-state index contributed by atoms with van der Waals surface area (Å²) in [7, 11) is 1.62.